The summed E-state index contributed by atoms with van der Waals surface area (Å²) in [7, 11) is 0. The van der Waals surface area contributed by atoms with Crippen LogP contribution in [0.4, 0.5) is 5.82 Å². The van der Waals surface area contributed by atoms with Crippen LogP contribution in [0.2, 0.25) is 0 Å². The van der Waals surface area contributed by atoms with E-state index >= 15 is 0 Å². The molecule has 6 heteroatoms. The normalized spacial score (nSPS) is 13.3. The number of rotatable bonds is 8. The van der Waals surface area contributed by atoms with Crippen LogP contribution in [0.1, 0.15) is 49.7 Å². The minimum atomic E-state index is 0.574. The first-order valence-electron chi connectivity index (χ1n) is 7.99. The molecule has 1 aliphatic carbocycles. The number of aryl methyl sites for hydroxylation is 1. The molecule has 1 N–H and O–H groups in total. The second kappa shape index (κ2) is 9.45. The maximum atomic E-state index is 5.26. The van der Waals surface area contributed by atoms with E-state index in [-0.39, 0.29) is 0 Å². The van der Waals surface area contributed by atoms with Gasteiger partial charge in [0.1, 0.15) is 5.82 Å². The molecule has 5 nitrogen and oxygen atoms in total. The molecule has 1 saturated carbocycles. The van der Waals surface area contributed by atoms with Gasteiger partial charge in [0.25, 0.3) is 0 Å². The van der Waals surface area contributed by atoms with Crippen LogP contribution in [0, 0.1) is 0 Å². The third-order valence-electron chi connectivity index (χ3n) is 3.52. The fraction of sp³-hybridized carbons (Fsp3) is 0.471. The van der Waals surface area contributed by atoms with Crippen LogP contribution in [-0.4, -0.2) is 21.7 Å². The molecule has 1 fully saturated rings. The number of nitrogens with zero attached hydrogens (tertiary/aromatic N) is 3. The molecule has 0 aromatic carbocycles. The van der Waals surface area contributed by atoms with Crippen molar-refractivity contribution in [2.45, 2.75) is 44.4 Å². The lowest BCUT2D eigenvalue weighted by atomic mass is 10.2. The molecular formula is C17H23BrN4O. The Bertz CT molecular complexity index is 598. The zero-order valence-corrected chi connectivity index (χ0v) is 14.9. The minimum Gasteiger partial charge on any atom is -0.370 e. The molecule has 0 radical (unpaired) electrons. The molecule has 0 bridgehead atoms. The van der Waals surface area contributed by atoms with Gasteiger partial charge < -0.3 is 9.84 Å². The molecule has 2 aromatic heterocycles. The number of hydrogen-bond acceptors (Lipinski definition) is 5. The summed E-state index contributed by atoms with van der Waals surface area (Å²) in [5.74, 6) is 3.19. The van der Waals surface area contributed by atoms with Gasteiger partial charge in [-0.15, -0.1) is 13.2 Å². The molecule has 2 aromatic rings. The highest BCUT2D eigenvalue weighted by Crippen LogP contribution is 2.38. The molecule has 124 valence electrons. The Kier molecular flexibility index (Phi) is 7.26. The van der Waals surface area contributed by atoms with Gasteiger partial charge in [0, 0.05) is 29.6 Å². The van der Waals surface area contributed by atoms with Crippen molar-refractivity contribution >= 4 is 21.7 Å². The second-order valence-electron chi connectivity index (χ2n) is 5.42. The van der Waals surface area contributed by atoms with Crippen molar-refractivity contribution in [3.05, 3.63) is 47.7 Å². The lowest BCUT2D eigenvalue weighted by molar-refractivity contribution is 0.369. The first-order valence-corrected chi connectivity index (χ1v) is 8.78. The Labute approximate surface area is 145 Å². The van der Waals surface area contributed by atoms with Crippen LogP contribution in [0.5, 0.6) is 0 Å². The van der Waals surface area contributed by atoms with Gasteiger partial charge in [0.05, 0.1) is 0 Å². The van der Waals surface area contributed by atoms with E-state index < -0.39 is 0 Å². The summed E-state index contributed by atoms with van der Waals surface area (Å²) in [6, 6.07) is 3.91. The van der Waals surface area contributed by atoms with Gasteiger partial charge in [0.15, 0.2) is 5.82 Å². The Morgan fingerprint density at radius 2 is 2.09 bits per heavy atom. The van der Waals surface area contributed by atoms with Gasteiger partial charge >= 0.3 is 0 Å². The third-order valence-corrected chi connectivity index (χ3v) is 4.02. The van der Waals surface area contributed by atoms with Gasteiger partial charge in [-0.1, -0.05) is 27.5 Å². The van der Waals surface area contributed by atoms with Crippen LogP contribution in [-0.2, 0) is 6.42 Å². The lowest BCUT2D eigenvalue weighted by Crippen LogP contribution is -2.03. The molecule has 1 aliphatic rings. The van der Waals surface area contributed by atoms with Crippen molar-refractivity contribution in [2.24, 2.45) is 0 Å². The predicted molar refractivity (Wildman–Crippen MR) is 95.5 cm³/mol. The Hall–Kier alpha value is -1.69. The molecule has 23 heavy (non-hydrogen) atoms. The van der Waals surface area contributed by atoms with E-state index in [0.717, 1.165) is 54.2 Å². The molecule has 0 saturated heterocycles. The molecule has 0 unspecified atom stereocenters. The van der Waals surface area contributed by atoms with Crippen molar-refractivity contribution in [3.63, 3.8) is 0 Å². The highest BCUT2D eigenvalue weighted by molar-refractivity contribution is 9.10. The average Bonchev–Trinajstić information content (AvgIpc) is 3.32. The number of aromatic nitrogens is 3. The van der Waals surface area contributed by atoms with E-state index in [1.54, 1.807) is 6.20 Å². The topological polar surface area (TPSA) is 63.8 Å². The zero-order valence-electron chi connectivity index (χ0n) is 13.3. The molecule has 2 heterocycles. The molecule has 3 rings (SSSR count). The molecular weight excluding hydrogens is 356 g/mol. The summed E-state index contributed by atoms with van der Waals surface area (Å²) < 4.78 is 6.31. The largest absolute Gasteiger partial charge is 0.370 e. The van der Waals surface area contributed by atoms with Crippen LogP contribution in [0.25, 0.3) is 0 Å². The summed E-state index contributed by atoms with van der Waals surface area (Å²) in [6.07, 6.45) is 8.44. The number of nitrogens with one attached hydrogen (secondary N) is 1. The average molecular weight is 379 g/mol. The summed E-state index contributed by atoms with van der Waals surface area (Å²) in [5, 5.41) is 7.35. The smallest absolute Gasteiger partial charge is 0.226 e. The molecule has 0 atom stereocenters. The Morgan fingerprint density at radius 1 is 1.26 bits per heavy atom. The summed E-state index contributed by atoms with van der Waals surface area (Å²) >= 11 is 3.44. The Morgan fingerprint density at radius 3 is 2.83 bits per heavy atom. The summed E-state index contributed by atoms with van der Waals surface area (Å²) in [6.45, 7) is 6.93. The highest BCUT2D eigenvalue weighted by atomic mass is 79.9. The molecule has 0 aliphatic heterocycles. The van der Waals surface area contributed by atoms with Gasteiger partial charge in [-0.25, -0.2) is 4.98 Å². The fourth-order valence-electron chi connectivity index (χ4n) is 2.17. The standard InChI is InChI=1S/C15H19BrN4O.C2H4/c16-12-7-9-18-13(10-12)17-8-3-1-2-4-14-19-15(20-21-14)11-5-6-11;1-2/h7,9-11H,1-6,8H2,(H,17,18);1-2H2. The minimum absolute atomic E-state index is 0.574. The van der Waals surface area contributed by atoms with E-state index in [4.69, 9.17) is 4.52 Å². The van der Waals surface area contributed by atoms with E-state index in [9.17, 15) is 0 Å². The number of hydrogen-bond donors (Lipinski definition) is 1. The number of halogens is 1. The van der Waals surface area contributed by atoms with Crippen molar-refractivity contribution in [1.29, 1.82) is 0 Å². The van der Waals surface area contributed by atoms with E-state index in [1.165, 1.54) is 12.8 Å². The molecule has 0 amide bonds. The maximum Gasteiger partial charge on any atom is 0.226 e. The Balaban J connectivity index is 0.000000924. The lowest BCUT2D eigenvalue weighted by Gasteiger charge is -2.05. The van der Waals surface area contributed by atoms with Crippen LogP contribution >= 0.6 is 15.9 Å². The number of anilines is 1. The van der Waals surface area contributed by atoms with Gasteiger partial charge in [-0.05, 0) is 37.8 Å². The summed E-state index contributed by atoms with van der Waals surface area (Å²) in [5.41, 5.74) is 0. The SMILES string of the molecule is Brc1ccnc(NCCCCCc2nc(C3CC3)no2)c1.C=C. The number of unbranched alkanes of at least 4 members (excludes halogenated alkanes) is 2. The van der Waals surface area contributed by atoms with E-state index in [0.29, 0.717) is 5.92 Å². The number of pyridine rings is 1. The van der Waals surface area contributed by atoms with Crippen molar-refractivity contribution in [2.75, 3.05) is 11.9 Å². The van der Waals surface area contributed by atoms with Gasteiger partial charge in [-0.3, -0.25) is 0 Å². The predicted octanol–water partition coefficient (Wildman–Crippen LogP) is 4.73. The molecule has 0 spiro atoms. The first kappa shape index (κ1) is 17.7. The van der Waals surface area contributed by atoms with Crippen LogP contribution in [0.3, 0.4) is 0 Å². The van der Waals surface area contributed by atoms with E-state index in [2.05, 4.69) is 49.5 Å². The van der Waals surface area contributed by atoms with Gasteiger partial charge in [-0.2, -0.15) is 4.98 Å². The van der Waals surface area contributed by atoms with Gasteiger partial charge in [0.2, 0.25) is 5.89 Å². The van der Waals surface area contributed by atoms with Crippen molar-refractivity contribution in [3.8, 4) is 0 Å². The monoisotopic (exact) mass is 378 g/mol. The zero-order chi connectivity index (χ0) is 16.5. The van der Waals surface area contributed by atoms with E-state index in [1.807, 2.05) is 12.1 Å². The first-order chi connectivity index (χ1) is 11.3. The second-order valence-corrected chi connectivity index (χ2v) is 6.33. The third kappa shape index (κ3) is 6.14. The van der Waals surface area contributed by atoms with Crippen molar-refractivity contribution < 1.29 is 4.52 Å². The van der Waals surface area contributed by atoms with Crippen molar-refractivity contribution in [1.82, 2.24) is 15.1 Å². The summed E-state index contributed by atoms with van der Waals surface area (Å²) in [4.78, 5) is 8.69. The fourth-order valence-corrected chi connectivity index (χ4v) is 2.51. The quantitative estimate of drug-likeness (QED) is 0.531. The highest BCUT2D eigenvalue weighted by Gasteiger charge is 2.28. The maximum absolute atomic E-state index is 5.26. The van der Waals surface area contributed by atoms with Crippen LogP contribution in [0.15, 0.2) is 40.5 Å². The van der Waals surface area contributed by atoms with Crippen LogP contribution < -0.4 is 5.32 Å².